The molecule has 2 N–H and O–H groups in total. The van der Waals surface area contributed by atoms with Crippen molar-refractivity contribution in [3.05, 3.63) is 65.1 Å². The lowest BCUT2D eigenvalue weighted by Crippen LogP contribution is -2.29. The number of hydrogen-bond donors (Lipinski definition) is 2. The molecular weight excluding hydrogens is 411 g/mol. The van der Waals surface area contributed by atoms with E-state index in [4.69, 9.17) is 0 Å². The van der Waals surface area contributed by atoms with Crippen LogP contribution in [0.4, 0.5) is 24.7 Å². The second-order valence-electron chi connectivity index (χ2n) is 6.95. The third-order valence-electron chi connectivity index (χ3n) is 4.57. The summed E-state index contributed by atoms with van der Waals surface area (Å²) >= 11 is 0. The van der Waals surface area contributed by atoms with Gasteiger partial charge in [-0.2, -0.15) is 28.5 Å². The van der Waals surface area contributed by atoms with E-state index in [2.05, 4.69) is 25.9 Å². The number of hydrogen-bond acceptors (Lipinski definition) is 6. The first-order valence-electron chi connectivity index (χ1n) is 9.30. The van der Waals surface area contributed by atoms with Crippen molar-refractivity contribution in [1.29, 1.82) is 0 Å². The topological polar surface area (TPSA) is 87.4 Å². The summed E-state index contributed by atoms with van der Waals surface area (Å²) in [4.78, 5) is 16.9. The minimum Gasteiger partial charge on any atom is -0.320 e. The summed E-state index contributed by atoms with van der Waals surface area (Å²) in [5.74, 6) is -0.410. The number of aromatic nitrogens is 3. The Morgan fingerprint density at radius 3 is 2.65 bits per heavy atom. The zero-order valence-electron chi connectivity index (χ0n) is 16.6. The van der Waals surface area contributed by atoms with Gasteiger partial charge in [-0.1, -0.05) is 12.1 Å². The molecule has 3 heterocycles. The van der Waals surface area contributed by atoms with Gasteiger partial charge >= 0.3 is 6.18 Å². The van der Waals surface area contributed by atoms with E-state index in [0.29, 0.717) is 17.9 Å². The normalized spacial score (nSPS) is 13.6. The number of anilines is 2. The van der Waals surface area contributed by atoms with Crippen LogP contribution in [0.3, 0.4) is 0 Å². The summed E-state index contributed by atoms with van der Waals surface area (Å²) in [7, 11) is 0. The van der Waals surface area contributed by atoms with E-state index in [9.17, 15) is 18.0 Å². The fourth-order valence-electron chi connectivity index (χ4n) is 3.22. The highest BCUT2D eigenvalue weighted by molar-refractivity contribution is 6.05. The van der Waals surface area contributed by atoms with Gasteiger partial charge in [0.1, 0.15) is 0 Å². The smallest absolute Gasteiger partial charge is 0.320 e. The van der Waals surface area contributed by atoms with E-state index in [1.165, 1.54) is 17.4 Å². The molecule has 4 rings (SSSR count). The van der Waals surface area contributed by atoms with Gasteiger partial charge in [-0.15, -0.1) is 0 Å². The molecule has 0 spiro atoms. The average molecular weight is 429 g/mol. The molecule has 8 nitrogen and oxygen atoms in total. The number of hydrazone groups is 1. The predicted octanol–water partition coefficient (Wildman–Crippen LogP) is 3.47. The molecule has 0 bridgehead atoms. The number of carbonyl (C=O) groups excluding carboxylic acids is 1. The Morgan fingerprint density at radius 2 is 2.00 bits per heavy atom. The molecule has 0 radical (unpaired) electrons. The molecular formula is C20H18F3N7O. The number of aryl methyl sites for hydroxylation is 2. The quantitative estimate of drug-likeness (QED) is 0.663. The van der Waals surface area contributed by atoms with Crippen molar-refractivity contribution in [2.75, 3.05) is 17.0 Å². The van der Waals surface area contributed by atoms with Crippen LogP contribution in [0, 0.1) is 13.8 Å². The third-order valence-corrected chi connectivity index (χ3v) is 4.57. The van der Waals surface area contributed by atoms with Crippen LogP contribution in [0.25, 0.3) is 5.69 Å². The number of alkyl halides is 3. The first-order chi connectivity index (χ1) is 14.7. The Labute approximate surface area is 175 Å². The van der Waals surface area contributed by atoms with Gasteiger partial charge in [0.25, 0.3) is 5.91 Å². The Hall–Kier alpha value is -3.73. The number of carbonyl (C=O) groups is 1. The molecule has 31 heavy (non-hydrogen) atoms. The number of amides is 1. The van der Waals surface area contributed by atoms with Crippen LogP contribution in [0.5, 0.6) is 0 Å². The largest absolute Gasteiger partial charge is 0.434 e. The molecule has 0 saturated heterocycles. The summed E-state index contributed by atoms with van der Waals surface area (Å²) in [5.41, 5.74) is 3.16. The molecule has 2 aromatic heterocycles. The van der Waals surface area contributed by atoms with E-state index in [0.717, 1.165) is 16.4 Å². The molecule has 160 valence electrons. The Bertz CT molecular complexity index is 1170. The molecule has 0 saturated carbocycles. The fourth-order valence-corrected chi connectivity index (χ4v) is 3.22. The van der Waals surface area contributed by atoms with Crippen LogP contribution in [-0.2, 0) is 6.18 Å². The lowest BCUT2D eigenvalue weighted by atomic mass is 10.2. The first-order valence-corrected chi connectivity index (χ1v) is 9.30. The second-order valence-corrected chi connectivity index (χ2v) is 6.95. The highest BCUT2D eigenvalue weighted by atomic mass is 19.4. The zero-order chi connectivity index (χ0) is 22.2. The molecule has 1 aromatic carbocycles. The predicted molar refractivity (Wildman–Crippen MR) is 109 cm³/mol. The summed E-state index contributed by atoms with van der Waals surface area (Å²) in [6.45, 7) is 4.07. The number of rotatable bonds is 4. The van der Waals surface area contributed by atoms with Crippen LogP contribution in [0.2, 0.25) is 0 Å². The average Bonchev–Trinajstić information content (AvgIpc) is 3.38. The van der Waals surface area contributed by atoms with Crippen LogP contribution < -0.4 is 15.9 Å². The van der Waals surface area contributed by atoms with Gasteiger partial charge in [-0.05, 0) is 43.2 Å². The van der Waals surface area contributed by atoms with Gasteiger partial charge in [0, 0.05) is 6.21 Å². The Morgan fingerprint density at radius 1 is 1.19 bits per heavy atom. The SMILES string of the molecule is Cc1cccc(-n2ncc(C(=O)Nc3cnc(N4N=CCN4)c(C)c3)c2C(F)(F)F)c1. The number of benzene rings is 1. The van der Waals surface area contributed by atoms with Crippen LogP contribution in [-0.4, -0.2) is 33.4 Å². The zero-order valence-corrected chi connectivity index (χ0v) is 16.6. The number of hydrazine groups is 1. The molecule has 0 fully saturated rings. The molecule has 1 amide bonds. The van der Waals surface area contributed by atoms with E-state index in [-0.39, 0.29) is 11.4 Å². The second kappa shape index (κ2) is 7.84. The Balaban J connectivity index is 1.64. The maximum Gasteiger partial charge on any atom is 0.434 e. The highest BCUT2D eigenvalue weighted by Crippen LogP contribution is 2.34. The first kappa shape index (κ1) is 20.5. The maximum atomic E-state index is 13.8. The molecule has 3 aromatic rings. The summed E-state index contributed by atoms with van der Waals surface area (Å²) in [6.07, 6.45) is -0.849. The highest BCUT2D eigenvalue weighted by Gasteiger charge is 2.40. The molecule has 1 aliphatic rings. The van der Waals surface area contributed by atoms with E-state index in [1.54, 1.807) is 44.3 Å². The monoisotopic (exact) mass is 429 g/mol. The van der Waals surface area contributed by atoms with Gasteiger partial charge in [0.2, 0.25) is 0 Å². The number of pyridine rings is 1. The molecule has 1 aliphatic heterocycles. The number of halogens is 3. The van der Waals surface area contributed by atoms with Crippen molar-refractivity contribution in [3.8, 4) is 5.69 Å². The van der Waals surface area contributed by atoms with Crippen molar-refractivity contribution < 1.29 is 18.0 Å². The lowest BCUT2D eigenvalue weighted by Gasteiger charge is -2.16. The molecule has 0 aliphatic carbocycles. The van der Waals surface area contributed by atoms with Gasteiger partial charge in [-0.3, -0.25) is 4.79 Å². The standard InChI is InChI=1S/C20H18F3N7O/c1-12-4-3-5-15(8-12)29-17(20(21,22)23)16(11-27-29)19(31)28-14-9-13(2)18(24-10-14)30-25-6-7-26-30/h3-6,8-11,26H,7H2,1-2H3,(H,28,31). The number of nitrogens with zero attached hydrogens (tertiary/aromatic N) is 5. The van der Waals surface area contributed by atoms with Crippen LogP contribution >= 0.6 is 0 Å². The molecule has 0 atom stereocenters. The van der Waals surface area contributed by atoms with Gasteiger partial charge < -0.3 is 5.32 Å². The van der Waals surface area contributed by atoms with Gasteiger partial charge in [-0.25, -0.2) is 15.1 Å². The molecule has 0 unspecified atom stereocenters. The van der Waals surface area contributed by atoms with Crippen molar-refractivity contribution in [2.45, 2.75) is 20.0 Å². The maximum absolute atomic E-state index is 13.8. The van der Waals surface area contributed by atoms with Gasteiger partial charge in [0.15, 0.2) is 11.5 Å². The third kappa shape index (κ3) is 4.12. The van der Waals surface area contributed by atoms with E-state index in [1.807, 2.05) is 0 Å². The number of nitrogens with one attached hydrogen (secondary N) is 2. The van der Waals surface area contributed by atoms with Gasteiger partial charge in [0.05, 0.1) is 35.9 Å². The fraction of sp³-hybridized carbons (Fsp3) is 0.200. The Kier molecular flexibility index (Phi) is 5.19. The lowest BCUT2D eigenvalue weighted by molar-refractivity contribution is -0.143. The van der Waals surface area contributed by atoms with Crippen LogP contribution in [0.1, 0.15) is 27.2 Å². The summed E-state index contributed by atoms with van der Waals surface area (Å²) in [5, 5.41) is 11.9. The van der Waals surface area contributed by atoms with Crippen molar-refractivity contribution in [2.24, 2.45) is 5.10 Å². The minimum absolute atomic E-state index is 0.215. The van der Waals surface area contributed by atoms with E-state index >= 15 is 0 Å². The summed E-state index contributed by atoms with van der Waals surface area (Å²) < 4.78 is 42.2. The van der Waals surface area contributed by atoms with Crippen molar-refractivity contribution >= 4 is 23.6 Å². The van der Waals surface area contributed by atoms with Crippen LogP contribution in [0.15, 0.2) is 47.8 Å². The van der Waals surface area contributed by atoms with E-state index < -0.39 is 23.3 Å². The summed E-state index contributed by atoms with van der Waals surface area (Å²) in [6, 6.07) is 8.05. The van der Waals surface area contributed by atoms with Crippen molar-refractivity contribution in [3.63, 3.8) is 0 Å². The minimum atomic E-state index is -4.79. The van der Waals surface area contributed by atoms with Crippen molar-refractivity contribution in [1.82, 2.24) is 20.2 Å². The molecule has 11 heteroatoms.